The van der Waals surface area contributed by atoms with E-state index < -0.39 is 0 Å². The standard InChI is InChI=1S/C11H8Br2N2O2S/c1-17-9-5(2-6(12)4-7(9)13)3-8-10(16)15-11(18)14-8/h2-4H,1H3,(H2,14,15,16,18)/b8-3-. The molecular formula is C11H8Br2N2O2S. The third kappa shape index (κ3) is 2.73. The summed E-state index contributed by atoms with van der Waals surface area (Å²) in [5.41, 5.74) is 1.16. The van der Waals surface area contributed by atoms with Crippen LogP contribution in [0.2, 0.25) is 0 Å². The predicted molar refractivity (Wildman–Crippen MR) is 80.2 cm³/mol. The molecule has 1 fully saturated rings. The molecule has 7 heteroatoms. The molecule has 4 nitrogen and oxygen atoms in total. The number of benzene rings is 1. The zero-order chi connectivity index (χ0) is 13.3. The van der Waals surface area contributed by atoms with E-state index in [0.29, 0.717) is 16.6 Å². The molecule has 0 bridgehead atoms. The molecule has 1 aliphatic heterocycles. The van der Waals surface area contributed by atoms with Crippen LogP contribution in [-0.2, 0) is 4.79 Å². The van der Waals surface area contributed by atoms with Crippen LogP contribution in [0, 0.1) is 0 Å². The van der Waals surface area contributed by atoms with Crippen LogP contribution in [0.5, 0.6) is 5.75 Å². The molecule has 0 unspecified atom stereocenters. The van der Waals surface area contributed by atoms with Gasteiger partial charge in [0.2, 0.25) is 0 Å². The summed E-state index contributed by atoms with van der Waals surface area (Å²) in [4.78, 5) is 11.6. The van der Waals surface area contributed by atoms with Gasteiger partial charge >= 0.3 is 0 Å². The van der Waals surface area contributed by atoms with Gasteiger partial charge in [-0.3, -0.25) is 10.1 Å². The summed E-state index contributed by atoms with van der Waals surface area (Å²) in [6.07, 6.45) is 1.68. The molecular weight excluding hydrogens is 384 g/mol. The van der Waals surface area contributed by atoms with Crippen molar-refractivity contribution in [1.29, 1.82) is 0 Å². The monoisotopic (exact) mass is 390 g/mol. The molecule has 1 saturated heterocycles. The molecule has 1 heterocycles. The Kier molecular flexibility index (Phi) is 4.04. The Balaban J connectivity index is 2.48. The van der Waals surface area contributed by atoms with E-state index in [4.69, 9.17) is 17.0 Å². The van der Waals surface area contributed by atoms with E-state index in [1.54, 1.807) is 13.2 Å². The number of amides is 1. The molecule has 2 N–H and O–H groups in total. The van der Waals surface area contributed by atoms with E-state index in [1.807, 2.05) is 12.1 Å². The average molecular weight is 392 g/mol. The van der Waals surface area contributed by atoms with Crippen LogP contribution in [0.1, 0.15) is 5.56 Å². The lowest BCUT2D eigenvalue weighted by Crippen LogP contribution is -2.21. The number of carbonyl (C=O) groups excluding carboxylic acids is 1. The molecule has 0 aliphatic carbocycles. The number of thiocarbonyl (C=S) groups is 1. The second-order valence-electron chi connectivity index (χ2n) is 3.48. The van der Waals surface area contributed by atoms with E-state index in [2.05, 4.69) is 42.5 Å². The zero-order valence-corrected chi connectivity index (χ0v) is 13.2. The lowest BCUT2D eigenvalue weighted by Gasteiger charge is -2.08. The van der Waals surface area contributed by atoms with Crippen LogP contribution in [0.25, 0.3) is 6.08 Å². The number of hydrogen-bond donors (Lipinski definition) is 2. The molecule has 2 rings (SSSR count). The van der Waals surface area contributed by atoms with E-state index in [0.717, 1.165) is 14.5 Å². The Morgan fingerprint density at radius 1 is 1.33 bits per heavy atom. The summed E-state index contributed by atoms with van der Waals surface area (Å²) in [5, 5.41) is 5.60. The Hall–Kier alpha value is -0.920. The molecule has 1 aromatic carbocycles. The molecule has 0 spiro atoms. The molecule has 1 aromatic rings. The van der Waals surface area contributed by atoms with Gasteiger partial charge in [0.05, 0.1) is 11.6 Å². The summed E-state index contributed by atoms with van der Waals surface area (Å²) in [5.74, 6) is 0.399. The van der Waals surface area contributed by atoms with E-state index in [-0.39, 0.29) is 5.91 Å². The maximum Gasteiger partial charge on any atom is 0.273 e. The number of hydrogen-bond acceptors (Lipinski definition) is 3. The highest BCUT2D eigenvalue weighted by Crippen LogP contribution is 2.34. The minimum absolute atomic E-state index is 0.252. The van der Waals surface area contributed by atoms with Gasteiger partial charge in [0.15, 0.2) is 5.11 Å². The lowest BCUT2D eigenvalue weighted by atomic mass is 10.1. The first kappa shape index (κ1) is 13.5. The van der Waals surface area contributed by atoms with Crippen LogP contribution < -0.4 is 15.4 Å². The van der Waals surface area contributed by atoms with Crippen molar-refractivity contribution in [3.8, 4) is 5.75 Å². The van der Waals surface area contributed by atoms with Gasteiger partial charge in [0.25, 0.3) is 5.91 Å². The minimum atomic E-state index is -0.252. The van der Waals surface area contributed by atoms with Crippen LogP contribution in [0.3, 0.4) is 0 Å². The fourth-order valence-electron chi connectivity index (χ4n) is 1.54. The maximum absolute atomic E-state index is 11.6. The summed E-state index contributed by atoms with van der Waals surface area (Å²) in [6.45, 7) is 0. The number of nitrogens with one attached hydrogen (secondary N) is 2. The summed E-state index contributed by atoms with van der Waals surface area (Å²) < 4.78 is 6.97. The first-order chi connectivity index (χ1) is 8.51. The van der Waals surface area contributed by atoms with Crippen molar-refractivity contribution >= 4 is 61.2 Å². The van der Waals surface area contributed by atoms with Gasteiger partial charge in [0.1, 0.15) is 11.4 Å². The van der Waals surface area contributed by atoms with Crippen LogP contribution in [-0.4, -0.2) is 18.1 Å². The zero-order valence-electron chi connectivity index (χ0n) is 9.21. The van der Waals surface area contributed by atoms with Gasteiger partial charge in [-0.25, -0.2) is 0 Å². The van der Waals surface area contributed by atoms with Crippen molar-refractivity contribution in [2.45, 2.75) is 0 Å². The van der Waals surface area contributed by atoms with Crippen LogP contribution in [0.4, 0.5) is 0 Å². The van der Waals surface area contributed by atoms with E-state index in [1.165, 1.54) is 0 Å². The number of carbonyl (C=O) groups is 1. The molecule has 0 radical (unpaired) electrons. The highest BCUT2D eigenvalue weighted by atomic mass is 79.9. The SMILES string of the molecule is COc1c(Br)cc(Br)cc1/C=C1\NC(=S)NC1=O. The Morgan fingerprint density at radius 2 is 2.06 bits per heavy atom. The molecule has 18 heavy (non-hydrogen) atoms. The first-order valence-corrected chi connectivity index (χ1v) is 6.87. The number of halogens is 2. The van der Waals surface area contributed by atoms with Crippen molar-refractivity contribution < 1.29 is 9.53 Å². The summed E-state index contributed by atoms with van der Waals surface area (Å²) in [7, 11) is 1.57. The molecule has 94 valence electrons. The summed E-state index contributed by atoms with van der Waals surface area (Å²) >= 11 is 11.7. The Labute approximate surface area is 126 Å². The highest BCUT2D eigenvalue weighted by molar-refractivity contribution is 9.11. The number of methoxy groups -OCH3 is 1. The molecule has 0 atom stereocenters. The second kappa shape index (κ2) is 5.38. The van der Waals surface area contributed by atoms with Crippen LogP contribution >= 0.6 is 44.1 Å². The summed E-state index contributed by atoms with van der Waals surface area (Å²) in [6, 6.07) is 3.72. The minimum Gasteiger partial charge on any atom is -0.495 e. The topological polar surface area (TPSA) is 50.4 Å². The van der Waals surface area contributed by atoms with Gasteiger partial charge in [0, 0.05) is 10.0 Å². The molecule has 0 aromatic heterocycles. The fraction of sp³-hybridized carbons (Fsp3) is 0.0909. The first-order valence-electron chi connectivity index (χ1n) is 4.88. The van der Waals surface area contributed by atoms with Gasteiger partial charge in [-0.05, 0) is 46.4 Å². The number of rotatable bonds is 2. The van der Waals surface area contributed by atoms with Crippen molar-refractivity contribution in [3.63, 3.8) is 0 Å². The average Bonchev–Trinajstić information content (AvgIpc) is 2.57. The maximum atomic E-state index is 11.6. The van der Waals surface area contributed by atoms with Gasteiger partial charge < -0.3 is 10.1 Å². The van der Waals surface area contributed by atoms with E-state index in [9.17, 15) is 4.79 Å². The third-order valence-corrected chi connectivity index (χ3v) is 3.51. The van der Waals surface area contributed by atoms with Crippen molar-refractivity contribution in [3.05, 3.63) is 32.3 Å². The molecule has 0 saturated carbocycles. The van der Waals surface area contributed by atoms with Crippen molar-refractivity contribution in [2.75, 3.05) is 7.11 Å². The van der Waals surface area contributed by atoms with Crippen molar-refractivity contribution in [1.82, 2.24) is 10.6 Å². The van der Waals surface area contributed by atoms with E-state index >= 15 is 0 Å². The van der Waals surface area contributed by atoms with Gasteiger partial charge in [-0.15, -0.1) is 0 Å². The smallest absolute Gasteiger partial charge is 0.273 e. The van der Waals surface area contributed by atoms with Crippen molar-refractivity contribution in [2.24, 2.45) is 0 Å². The Morgan fingerprint density at radius 3 is 2.61 bits per heavy atom. The third-order valence-electron chi connectivity index (χ3n) is 2.26. The quantitative estimate of drug-likeness (QED) is 0.600. The van der Waals surface area contributed by atoms with Gasteiger partial charge in [-0.1, -0.05) is 15.9 Å². The second-order valence-corrected chi connectivity index (χ2v) is 5.65. The fourth-order valence-corrected chi connectivity index (χ4v) is 3.16. The van der Waals surface area contributed by atoms with Crippen LogP contribution in [0.15, 0.2) is 26.8 Å². The number of ether oxygens (including phenoxy) is 1. The normalized spacial score (nSPS) is 16.7. The highest BCUT2D eigenvalue weighted by Gasteiger charge is 2.21. The largest absolute Gasteiger partial charge is 0.495 e. The predicted octanol–water partition coefficient (Wildman–Crippen LogP) is 2.57. The lowest BCUT2D eigenvalue weighted by molar-refractivity contribution is -0.115. The van der Waals surface area contributed by atoms with Gasteiger partial charge in [-0.2, -0.15) is 0 Å². The molecule has 1 amide bonds. The molecule has 1 aliphatic rings. The Bertz CT molecular complexity index is 572.